The van der Waals surface area contributed by atoms with E-state index in [0.717, 1.165) is 0 Å². The van der Waals surface area contributed by atoms with Crippen LogP contribution in [0.2, 0.25) is 0 Å². The van der Waals surface area contributed by atoms with Gasteiger partial charge in [0.2, 0.25) is 0 Å². The Morgan fingerprint density at radius 2 is 2.20 bits per heavy atom. The molecule has 0 aliphatic carbocycles. The van der Waals surface area contributed by atoms with E-state index in [-0.39, 0.29) is 15.6 Å². The maximum absolute atomic E-state index is 12.3. The van der Waals surface area contributed by atoms with Crippen molar-refractivity contribution in [3.8, 4) is 0 Å². The normalized spacial score (nSPS) is 10.4. The van der Waals surface area contributed by atoms with Crippen LogP contribution in [0.1, 0.15) is 22.6 Å². The third-order valence-corrected chi connectivity index (χ3v) is 2.62. The van der Waals surface area contributed by atoms with Crippen molar-refractivity contribution < 1.29 is 18.5 Å². The fraction of sp³-hybridized carbons (Fsp3) is 0.143. The van der Waals surface area contributed by atoms with Gasteiger partial charge in [-0.05, 0) is 22.6 Å². The van der Waals surface area contributed by atoms with Gasteiger partial charge in [-0.2, -0.15) is 0 Å². The van der Waals surface area contributed by atoms with Gasteiger partial charge >= 0.3 is 0 Å². The van der Waals surface area contributed by atoms with Gasteiger partial charge in [0, 0.05) is 6.07 Å². The molecule has 80 valence electrons. The minimum atomic E-state index is -2.95. The lowest BCUT2D eigenvalue weighted by molar-refractivity contribution is -0.386. The summed E-state index contributed by atoms with van der Waals surface area (Å²) in [6, 6.07) is 0.666. The number of hydrogen-bond acceptors (Lipinski definition) is 4. The van der Waals surface area contributed by atoms with E-state index in [1.165, 1.54) is 22.6 Å². The number of rotatable bonds is 3. The summed E-state index contributed by atoms with van der Waals surface area (Å²) in [5, 5.41) is 10.5. The first kappa shape index (κ1) is 11.9. The molecule has 0 atom stereocenters. The number of carbonyl (C=O) groups excluding carboxylic acids is 1. The zero-order chi connectivity index (χ0) is 11.6. The number of pyridine rings is 1. The predicted octanol–water partition coefficient (Wildman–Crippen LogP) is 2.34. The second kappa shape index (κ2) is 4.55. The van der Waals surface area contributed by atoms with Crippen LogP contribution in [0.3, 0.4) is 0 Å². The van der Waals surface area contributed by atoms with Gasteiger partial charge in [-0.3, -0.25) is 14.9 Å². The Bertz CT molecular complexity index is 425. The van der Waals surface area contributed by atoms with Crippen molar-refractivity contribution in [3.63, 3.8) is 0 Å². The van der Waals surface area contributed by atoms with Gasteiger partial charge in [-0.1, -0.05) is 0 Å². The van der Waals surface area contributed by atoms with E-state index in [2.05, 4.69) is 4.98 Å². The molecule has 0 unspecified atom stereocenters. The number of hydrogen-bond donors (Lipinski definition) is 0. The van der Waals surface area contributed by atoms with E-state index in [1.54, 1.807) is 0 Å². The number of alkyl halides is 2. The molecule has 0 amide bonds. The highest BCUT2D eigenvalue weighted by atomic mass is 127. The summed E-state index contributed by atoms with van der Waals surface area (Å²) in [6.07, 6.45) is -2.74. The smallest absolute Gasteiger partial charge is 0.287 e. The van der Waals surface area contributed by atoms with Gasteiger partial charge in [0.25, 0.3) is 12.1 Å². The van der Waals surface area contributed by atoms with E-state index < -0.39 is 22.7 Å². The summed E-state index contributed by atoms with van der Waals surface area (Å²) in [6.45, 7) is 0. The molecule has 8 heteroatoms. The molecule has 1 aromatic heterocycles. The van der Waals surface area contributed by atoms with Crippen molar-refractivity contribution in [2.24, 2.45) is 0 Å². The highest BCUT2D eigenvalue weighted by Gasteiger charge is 2.22. The van der Waals surface area contributed by atoms with Crippen LogP contribution < -0.4 is 0 Å². The van der Waals surface area contributed by atoms with Crippen molar-refractivity contribution in [3.05, 3.63) is 31.1 Å². The van der Waals surface area contributed by atoms with E-state index in [0.29, 0.717) is 6.07 Å². The second-order valence-corrected chi connectivity index (χ2v) is 3.52. The Hall–Kier alpha value is -1.19. The summed E-state index contributed by atoms with van der Waals surface area (Å²) < 4.78 is 24.5. The fourth-order valence-corrected chi connectivity index (χ4v) is 1.48. The number of nitro groups is 1. The minimum Gasteiger partial charge on any atom is -0.296 e. The highest BCUT2D eigenvalue weighted by Crippen LogP contribution is 2.27. The van der Waals surface area contributed by atoms with Gasteiger partial charge in [-0.25, -0.2) is 13.8 Å². The number of nitrogens with zero attached hydrogens (tertiary/aromatic N) is 2. The Morgan fingerprint density at radius 3 is 2.60 bits per heavy atom. The van der Waals surface area contributed by atoms with Gasteiger partial charge in [0.05, 0.1) is 4.92 Å². The second-order valence-electron chi connectivity index (χ2n) is 2.44. The number of carbonyl (C=O) groups is 1. The van der Waals surface area contributed by atoms with E-state index in [1.807, 2.05) is 0 Å². The molecule has 5 nitrogen and oxygen atoms in total. The van der Waals surface area contributed by atoms with Crippen LogP contribution >= 0.6 is 22.6 Å². The molecule has 0 saturated heterocycles. The first-order chi connectivity index (χ1) is 6.97. The van der Waals surface area contributed by atoms with E-state index >= 15 is 0 Å². The highest BCUT2D eigenvalue weighted by molar-refractivity contribution is 14.1. The molecule has 0 N–H and O–H groups in total. The lowest BCUT2D eigenvalue weighted by Crippen LogP contribution is -2.03. The third kappa shape index (κ3) is 2.43. The third-order valence-electron chi connectivity index (χ3n) is 1.52. The Labute approximate surface area is 95.8 Å². The van der Waals surface area contributed by atoms with Crippen LogP contribution in [-0.4, -0.2) is 16.2 Å². The Kier molecular flexibility index (Phi) is 3.61. The van der Waals surface area contributed by atoms with E-state index in [4.69, 9.17) is 0 Å². The van der Waals surface area contributed by atoms with Gasteiger partial charge in [0.15, 0.2) is 6.29 Å². The molecule has 0 bridgehead atoms. The van der Waals surface area contributed by atoms with Crippen molar-refractivity contribution in [1.82, 2.24) is 4.98 Å². The zero-order valence-corrected chi connectivity index (χ0v) is 9.14. The largest absolute Gasteiger partial charge is 0.296 e. The van der Waals surface area contributed by atoms with Crippen LogP contribution in [0.5, 0.6) is 0 Å². The standard InChI is InChI=1S/C7H3F2IN2O3/c8-7(9)3-1-5(12(14)15)6(10)4(2-13)11-3/h1-2,7H. The molecule has 15 heavy (non-hydrogen) atoms. The quantitative estimate of drug-likeness (QED) is 0.369. The SMILES string of the molecule is O=Cc1nc(C(F)F)cc([N+](=O)[O-])c1I. The molecule has 1 heterocycles. The first-order valence-corrected chi connectivity index (χ1v) is 4.63. The first-order valence-electron chi connectivity index (χ1n) is 3.55. The predicted molar refractivity (Wildman–Crippen MR) is 54.0 cm³/mol. The lowest BCUT2D eigenvalue weighted by Gasteiger charge is -2.02. The van der Waals surface area contributed by atoms with Crippen LogP contribution in [-0.2, 0) is 0 Å². The van der Waals surface area contributed by atoms with Crippen LogP contribution in [0.15, 0.2) is 6.07 Å². The molecular formula is C7H3F2IN2O3. The molecule has 0 aliphatic heterocycles. The van der Waals surface area contributed by atoms with Gasteiger partial charge in [0.1, 0.15) is 15.0 Å². The molecule has 0 fully saturated rings. The van der Waals surface area contributed by atoms with Crippen molar-refractivity contribution in [2.75, 3.05) is 0 Å². The average molecular weight is 328 g/mol. The van der Waals surface area contributed by atoms with Crippen molar-refractivity contribution in [2.45, 2.75) is 6.43 Å². The Balaban J connectivity index is 3.45. The Morgan fingerprint density at radius 1 is 1.60 bits per heavy atom. The molecule has 0 spiro atoms. The number of aromatic nitrogens is 1. The van der Waals surface area contributed by atoms with Crippen LogP contribution in [0.25, 0.3) is 0 Å². The minimum absolute atomic E-state index is 0.0444. The summed E-state index contributed by atoms with van der Waals surface area (Å²) in [7, 11) is 0. The monoisotopic (exact) mass is 328 g/mol. The lowest BCUT2D eigenvalue weighted by atomic mass is 10.3. The van der Waals surface area contributed by atoms with Crippen molar-refractivity contribution in [1.29, 1.82) is 0 Å². The molecule has 1 aromatic rings. The fourth-order valence-electron chi connectivity index (χ4n) is 0.878. The summed E-state index contributed by atoms with van der Waals surface area (Å²) >= 11 is 1.52. The molecule has 0 aromatic carbocycles. The maximum Gasteiger partial charge on any atom is 0.287 e. The number of halogens is 3. The van der Waals surface area contributed by atoms with Crippen LogP contribution in [0.4, 0.5) is 14.5 Å². The zero-order valence-electron chi connectivity index (χ0n) is 6.99. The molecular weight excluding hydrogens is 325 g/mol. The van der Waals surface area contributed by atoms with Crippen molar-refractivity contribution >= 4 is 34.6 Å². The van der Waals surface area contributed by atoms with Crippen LogP contribution in [0, 0.1) is 13.7 Å². The molecule has 0 radical (unpaired) electrons. The van der Waals surface area contributed by atoms with Gasteiger partial charge in [-0.15, -0.1) is 0 Å². The summed E-state index contributed by atoms with van der Waals surface area (Å²) in [5.41, 5.74) is -1.66. The molecule has 0 saturated carbocycles. The average Bonchev–Trinajstić information content (AvgIpc) is 2.17. The number of aldehydes is 1. The maximum atomic E-state index is 12.3. The summed E-state index contributed by atoms with van der Waals surface area (Å²) in [4.78, 5) is 23.4. The summed E-state index contributed by atoms with van der Waals surface area (Å²) in [5.74, 6) is 0. The molecule has 1 rings (SSSR count). The topological polar surface area (TPSA) is 73.1 Å². The van der Waals surface area contributed by atoms with E-state index in [9.17, 15) is 23.7 Å². The molecule has 0 aliphatic rings. The van der Waals surface area contributed by atoms with Gasteiger partial charge < -0.3 is 0 Å².